The number of Topliss-reactive ketones (excluding diaryl/α,β-unsaturated/α-hetero) is 1. The summed E-state index contributed by atoms with van der Waals surface area (Å²) in [4.78, 5) is 11.9. The lowest BCUT2D eigenvalue weighted by Crippen LogP contribution is -2.32. The number of rotatable bonds is 4. The van der Waals surface area contributed by atoms with Gasteiger partial charge in [-0.25, -0.2) is 4.39 Å². The van der Waals surface area contributed by atoms with Gasteiger partial charge < -0.3 is 10.2 Å². The molecule has 0 saturated heterocycles. The number of ketones is 1. The van der Waals surface area contributed by atoms with Crippen molar-refractivity contribution in [3.63, 3.8) is 0 Å². The number of fused-ring (bicyclic) bond motifs is 1. The monoisotopic (exact) mass is 249 g/mol. The molecular weight excluding hydrogens is 233 g/mol. The van der Waals surface area contributed by atoms with Gasteiger partial charge in [0.15, 0.2) is 22.9 Å². The lowest BCUT2D eigenvalue weighted by molar-refractivity contribution is 0.0947. The van der Waals surface area contributed by atoms with E-state index in [4.69, 9.17) is 10.2 Å². The zero-order chi connectivity index (χ0) is 13.3. The van der Waals surface area contributed by atoms with Crippen molar-refractivity contribution in [1.29, 1.82) is 0 Å². The average molecular weight is 249 g/mol. The van der Waals surface area contributed by atoms with Gasteiger partial charge in [0.25, 0.3) is 0 Å². The summed E-state index contributed by atoms with van der Waals surface area (Å²) in [6, 6.07) is 6.18. The summed E-state index contributed by atoms with van der Waals surface area (Å²) in [5.41, 5.74) is 5.55. The highest BCUT2D eigenvalue weighted by molar-refractivity contribution is 5.97. The fraction of sp³-hybridized carbons (Fsp3) is 0.357. The Kier molecular flexibility index (Phi) is 3.22. The summed E-state index contributed by atoms with van der Waals surface area (Å²) in [7, 11) is 0. The van der Waals surface area contributed by atoms with Crippen LogP contribution < -0.4 is 5.73 Å². The van der Waals surface area contributed by atoms with E-state index in [0.717, 1.165) is 0 Å². The number of carbonyl (C=O) groups is 1. The lowest BCUT2D eigenvalue weighted by Gasteiger charge is -2.16. The number of hydrogen-bond donors (Lipinski definition) is 1. The fourth-order valence-corrected chi connectivity index (χ4v) is 1.72. The maximum Gasteiger partial charge on any atom is 0.198 e. The molecule has 2 N–H and O–H groups in total. The van der Waals surface area contributed by atoms with Crippen molar-refractivity contribution in [2.75, 3.05) is 0 Å². The minimum atomic E-state index is -0.453. The number of benzene rings is 1. The molecule has 4 heteroatoms. The van der Waals surface area contributed by atoms with Gasteiger partial charge >= 0.3 is 0 Å². The largest absolute Gasteiger partial charge is 0.450 e. The first-order valence-corrected chi connectivity index (χ1v) is 5.87. The second-order valence-electron chi connectivity index (χ2n) is 5.18. The second kappa shape index (κ2) is 4.53. The van der Waals surface area contributed by atoms with E-state index in [1.54, 1.807) is 18.2 Å². The molecule has 0 radical (unpaired) electrons. The summed E-state index contributed by atoms with van der Waals surface area (Å²) in [5, 5.41) is 0.602. The van der Waals surface area contributed by atoms with Gasteiger partial charge in [-0.05, 0) is 32.4 Å². The Morgan fingerprint density at radius 3 is 2.78 bits per heavy atom. The molecule has 0 saturated carbocycles. The van der Waals surface area contributed by atoms with E-state index in [1.807, 2.05) is 13.8 Å². The van der Waals surface area contributed by atoms with Gasteiger partial charge in [-0.3, -0.25) is 4.79 Å². The Morgan fingerprint density at radius 1 is 1.44 bits per heavy atom. The molecule has 1 aromatic heterocycles. The third-order valence-corrected chi connectivity index (χ3v) is 2.77. The fourth-order valence-electron chi connectivity index (χ4n) is 1.72. The van der Waals surface area contributed by atoms with Crippen LogP contribution in [0.2, 0.25) is 0 Å². The lowest BCUT2D eigenvalue weighted by atomic mass is 9.98. The summed E-state index contributed by atoms with van der Waals surface area (Å²) in [6.07, 6.45) is 0.857. The predicted molar refractivity (Wildman–Crippen MR) is 68.0 cm³/mol. The van der Waals surface area contributed by atoms with Crippen LogP contribution in [0.5, 0.6) is 0 Å². The van der Waals surface area contributed by atoms with Crippen molar-refractivity contribution >= 4 is 16.8 Å². The maximum absolute atomic E-state index is 13.4. The summed E-state index contributed by atoms with van der Waals surface area (Å²) in [6.45, 7) is 3.72. The van der Waals surface area contributed by atoms with Crippen LogP contribution in [0.4, 0.5) is 4.39 Å². The molecule has 0 fully saturated rings. The molecule has 0 atom stereocenters. The third kappa shape index (κ3) is 2.76. The van der Waals surface area contributed by atoms with Gasteiger partial charge in [-0.15, -0.1) is 0 Å². The van der Waals surface area contributed by atoms with E-state index >= 15 is 0 Å². The molecule has 2 aromatic rings. The van der Waals surface area contributed by atoms with Crippen LogP contribution in [-0.2, 0) is 0 Å². The topological polar surface area (TPSA) is 56.2 Å². The van der Waals surface area contributed by atoms with Gasteiger partial charge in [0.2, 0.25) is 0 Å². The van der Waals surface area contributed by atoms with Crippen molar-refractivity contribution in [2.24, 2.45) is 5.73 Å². The smallest absolute Gasteiger partial charge is 0.198 e. The molecule has 18 heavy (non-hydrogen) atoms. The van der Waals surface area contributed by atoms with Crippen molar-refractivity contribution in [1.82, 2.24) is 0 Å². The van der Waals surface area contributed by atoms with E-state index in [-0.39, 0.29) is 17.1 Å². The van der Waals surface area contributed by atoms with Gasteiger partial charge in [0, 0.05) is 17.3 Å². The third-order valence-electron chi connectivity index (χ3n) is 2.77. The van der Waals surface area contributed by atoms with E-state index in [0.29, 0.717) is 18.2 Å². The quantitative estimate of drug-likeness (QED) is 0.846. The molecule has 2 rings (SSSR count). The molecule has 0 aliphatic carbocycles. The SMILES string of the molecule is CC(C)(N)CCC(=O)c1cc2cccc(F)c2o1. The number of para-hydroxylation sites is 1. The zero-order valence-corrected chi connectivity index (χ0v) is 10.5. The highest BCUT2D eigenvalue weighted by atomic mass is 19.1. The number of halogens is 1. The predicted octanol–water partition coefficient (Wildman–Crippen LogP) is 3.27. The molecule has 0 bridgehead atoms. The first-order chi connectivity index (χ1) is 8.37. The van der Waals surface area contributed by atoms with Crippen LogP contribution in [0.15, 0.2) is 28.7 Å². The normalized spacial score (nSPS) is 12.0. The van der Waals surface area contributed by atoms with E-state index in [2.05, 4.69) is 0 Å². The Labute approximate surface area is 105 Å². The van der Waals surface area contributed by atoms with Crippen LogP contribution in [0, 0.1) is 5.82 Å². The van der Waals surface area contributed by atoms with Crippen molar-refractivity contribution in [2.45, 2.75) is 32.2 Å². The Morgan fingerprint density at radius 2 is 2.17 bits per heavy atom. The molecule has 1 aromatic carbocycles. The number of hydrogen-bond acceptors (Lipinski definition) is 3. The Balaban J connectivity index is 2.21. The summed E-state index contributed by atoms with van der Waals surface area (Å²) >= 11 is 0. The van der Waals surface area contributed by atoms with Crippen LogP contribution in [0.3, 0.4) is 0 Å². The van der Waals surface area contributed by atoms with E-state index in [9.17, 15) is 9.18 Å². The van der Waals surface area contributed by atoms with Crippen LogP contribution >= 0.6 is 0 Å². The number of furan rings is 1. The van der Waals surface area contributed by atoms with Gasteiger partial charge in [-0.2, -0.15) is 0 Å². The van der Waals surface area contributed by atoms with Crippen molar-refractivity contribution in [3.8, 4) is 0 Å². The Bertz CT molecular complexity index is 581. The molecule has 3 nitrogen and oxygen atoms in total. The molecule has 0 aliphatic heterocycles. The van der Waals surface area contributed by atoms with Crippen LogP contribution in [0.1, 0.15) is 37.2 Å². The number of nitrogens with two attached hydrogens (primary N) is 1. The average Bonchev–Trinajstić information content (AvgIpc) is 2.70. The Hall–Kier alpha value is -1.68. The van der Waals surface area contributed by atoms with Crippen molar-refractivity contribution in [3.05, 3.63) is 35.8 Å². The molecule has 0 unspecified atom stereocenters. The molecule has 96 valence electrons. The number of carbonyl (C=O) groups excluding carboxylic acids is 1. The van der Waals surface area contributed by atoms with Gasteiger partial charge in [-0.1, -0.05) is 12.1 Å². The van der Waals surface area contributed by atoms with E-state index in [1.165, 1.54) is 6.07 Å². The minimum absolute atomic E-state index is 0.132. The molecule has 0 amide bonds. The highest BCUT2D eigenvalue weighted by Gasteiger charge is 2.18. The van der Waals surface area contributed by atoms with E-state index < -0.39 is 11.4 Å². The van der Waals surface area contributed by atoms with Crippen molar-refractivity contribution < 1.29 is 13.6 Å². The molecule has 0 spiro atoms. The minimum Gasteiger partial charge on any atom is -0.450 e. The summed E-state index contributed by atoms with van der Waals surface area (Å²) < 4.78 is 18.7. The standard InChI is InChI=1S/C14H16FNO2/c1-14(2,16)7-6-11(17)12-8-9-4-3-5-10(15)13(9)18-12/h3-5,8H,6-7,16H2,1-2H3. The van der Waals surface area contributed by atoms with Crippen LogP contribution in [0.25, 0.3) is 11.0 Å². The first kappa shape index (κ1) is 12.8. The van der Waals surface area contributed by atoms with Gasteiger partial charge in [0.05, 0.1) is 0 Å². The maximum atomic E-state index is 13.4. The molecule has 1 heterocycles. The first-order valence-electron chi connectivity index (χ1n) is 5.87. The highest BCUT2D eigenvalue weighted by Crippen LogP contribution is 2.23. The van der Waals surface area contributed by atoms with Gasteiger partial charge in [0.1, 0.15) is 0 Å². The molecule has 0 aliphatic rings. The summed E-state index contributed by atoms with van der Waals surface area (Å²) in [5.74, 6) is -0.408. The zero-order valence-electron chi connectivity index (χ0n) is 10.5. The van der Waals surface area contributed by atoms with Crippen LogP contribution in [-0.4, -0.2) is 11.3 Å². The second-order valence-corrected chi connectivity index (χ2v) is 5.18. The molecular formula is C14H16FNO2.